The van der Waals surface area contributed by atoms with Gasteiger partial charge in [0, 0.05) is 5.39 Å². The van der Waals surface area contributed by atoms with Crippen LogP contribution in [0.3, 0.4) is 0 Å². The highest BCUT2D eigenvalue weighted by Gasteiger charge is 2.17. The smallest absolute Gasteiger partial charge is 0.349 e. The topological polar surface area (TPSA) is 73.8 Å². The van der Waals surface area contributed by atoms with Crippen molar-refractivity contribution in [2.45, 2.75) is 6.54 Å². The van der Waals surface area contributed by atoms with Crippen LogP contribution < -0.4 is 15.2 Å². The molecule has 3 aromatic carbocycles. The van der Waals surface area contributed by atoms with Crippen molar-refractivity contribution in [3.05, 3.63) is 81.4 Å². The van der Waals surface area contributed by atoms with Crippen molar-refractivity contribution in [2.24, 2.45) is 4.99 Å². The van der Waals surface area contributed by atoms with Crippen LogP contribution in [0, 0.1) is 12.3 Å². The maximum atomic E-state index is 13.1. The van der Waals surface area contributed by atoms with E-state index in [2.05, 4.69) is 10.9 Å². The van der Waals surface area contributed by atoms with E-state index in [-0.39, 0.29) is 12.1 Å². The number of nitrogens with zero attached hydrogens (tertiary/aromatic N) is 2. The zero-order chi connectivity index (χ0) is 22.2. The SMILES string of the molecule is C#CCn1c(=NC(=O)c2cc3c(ccc4ccccc43)oc2=O)sc2cccc(OC)c21. The number of aromatic nitrogens is 1. The number of carbonyl (C=O) groups is 1. The van der Waals surface area contributed by atoms with Gasteiger partial charge in [-0.3, -0.25) is 4.79 Å². The fourth-order valence-corrected chi connectivity index (χ4v) is 4.80. The summed E-state index contributed by atoms with van der Waals surface area (Å²) in [5, 5.41) is 2.54. The van der Waals surface area contributed by atoms with Crippen LogP contribution >= 0.6 is 11.3 Å². The van der Waals surface area contributed by atoms with Gasteiger partial charge in [0.05, 0.1) is 18.4 Å². The Morgan fingerprint density at radius 2 is 2.00 bits per heavy atom. The second-order valence-corrected chi connectivity index (χ2v) is 8.05. The molecule has 6 nitrogen and oxygen atoms in total. The number of thiazole rings is 1. The minimum atomic E-state index is -0.733. The molecule has 5 rings (SSSR count). The molecular formula is C25H16N2O4S. The molecule has 0 fully saturated rings. The molecule has 0 aliphatic carbocycles. The second kappa shape index (κ2) is 7.84. The Kier molecular flexibility index (Phi) is 4.85. The first-order valence-electron chi connectivity index (χ1n) is 9.75. The lowest BCUT2D eigenvalue weighted by atomic mass is 10.0. The van der Waals surface area contributed by atoms with Crippen LogP contribution in [0.15, 0.2) is 74.9 Å². The van der Waals surface area contributed by atoms with Crippen LogP contribution in [0.25, 0.3) is 32.0 Å². The van der Waals surface area contributed by atoms with Gasteiger partial charge in [0.25, 0.3) is 5.91 Å². The predicted molar refractivity (Wildman–Crippen MR) is 125 cm³/mol. The molecule has 0 saturated carbocycles. The quantitative estimate of drug-likeness (QED) is 0.238. The lowest BCUT2D eigenvalue weighted by Crippen LogP contribution is -2.19. The van der Waals surface area contributed by atoms with E-state index in [0.717, 1.165) is 21.0 Å². The van der Waals surface area contributed by atoms with E-state index in [1.165, 1.54) is 11.3 Å². The summed E-state index contributed by atoms with van der Waals surface area (Å²) >= 11 is 1.30. The second-order valence-electron chi connectivity index (χ2n) is 7.04. The lowest BCUT2D eigenvalue weighted by Gasteiger charge is -2.05. The number of hydrogen-bond donors (Lipinski definition) is 0. The maximum Gasteiger partial charge on any atom is 0.349 e. The number of fused-ring (bicyclic) bond motifs is 4. The first-order valence-corrected chi connectivity index (χ1v) is 10.6. The van der Waals surface area contributed by atoms with Crippen molar-refractivity contribution in [1.29, 1.82) is 0 Å². The molecule has 0 unspecified atom stereocenters. The predicted octanol–water partition coefficient (Wildman–Crippen LogP) is 4.35. The van der Waals surface area contributed by atoms with E-state index < -0.39 is 11.5 Å². The van der Waals surface area contributed by atoms with Gasteiger partial charge in [-0.05, 0) is 35.0 Å². The molecule has 0 radical (unpaired) electrons. The third-order valence-electron chi connectivity index (χ3n) is 5.20. The number of terminal acetylenes is 1. The van der Waals surface area contributed by atoms with Gasteiger partial charge in [-0.2, -0.15) is 4.99 Å². The summed E-state index contributed by atoms with van der Waals surface area (Å²) in [6.07, 6.45) is 5.55. The van der Waals surface area contributed by atoms with E-state index in [1.807, 2.05) is 48.5 Å². The molecule has 32 heavy (non-hydrogen) atoms. The molecular weight excluding hydrogens is 424 g/mol. The molecule has 0 N–H and O–H groups in total. The van der Waals surface area contributed by atoms with Gasteiger partial charge >= 0.3 is 5.63 Å². The number of carbonyl (C=O) groups excluding carboxylic acids is 1. The standard InChI is InChI=1S/C25H16N2O4S/c1-3-13-27-22-20(30-2)9-6-10-21(22)32-25(27)26-23(28)18-14-17-16-8-5-4-7-15(16)11-12-19(17)31-24(18)29/h1,4-12,14H,13H2,2H3. The molecule has 0 saturated heterocycles. The minimum absolute atomic E-state index is 0.134. The largest absolute Gasteiger partial charge is 0.495 e. The monoisotopic (exact) mass is 440 g/mol. The zero-order valence-electron chi connectivity index (χ0n) is 17.0. The van der Waals surface area contributed by atoms with Crippen molar-refractivity contribution < 1.29 is 13.9 Å². The Hall–Kier alpha value is -4.15. The summed E-state index contributed by atoms with van der Waals surface area (Å²) in [5.41, 5.74) is 0.300. The minimum Gasteiger partial charge on any atom is -0.495 e. The lowest BCUT2D eigenvalue weighted by molar-refractivity contribution is 0.0994. The molecule has 0 aliphatic heterocycles. The summed E-state index contributed by atoms with van der Waals surface area (Å²) in [6, 6.07) is 18.4. The van der Waals surface area contributed by atoms with Gasteiger partial charge in [0.1, 0.15) is 22.4 Å². The third-order valence-corrected chi connectivity index (χ3v) is 6.25. The van der Waals surface area contributed by atoms with Crippen LogP contribution in [-0.2, 0) is 6.54 Å². The van der Waals surface area contributed by atoms with Crippen LogP contribution in [0.1, 0.15) is 10.4 Å². The number of amides is 1. The maximum absolute atomic E-state index is 13.1. The molecule has 0 atom stereocenters. The molecule has 2 aromatic heterocycles. The van der Waals surface area contributed by atoms with E-state index in [4.69, 9.17) is 15.6 Å². The number of para-hydroxylation sites is 1. The van der Waals surface area contributed by atoms with E-state index in [0.29, 0.717) is 21.5 Å². The summed E-state index contributed by atoms with van der Waals surface area (Å²) in [5.74, 6) is 2.52. The van der Waals surface area contributed by atoms with Crippen molar-refractivity contribution in [3.63, 3.8) is 0 Å². The van der Waals surface area contributed by atoms with Gasteiger partial charge in [-0.25, -0.2) is 4.79 Å². The molecule has 5 aromatic rings. The molecule has 2 heterocycles. The molecule has 0 aliphatic rings. The highest BCUT2D eigenvalue weighted by Crippen LogP contribution is 2.28. The van der Waals surface area contributed by atoms with Gasteiger partial charge in [-0.15, -0.1) is 6.42 Å². The number of hydrogen-bond acceptors (Lipinski definition) is 5. The van der Waals surface area contributed by atoms with Gasteiger partial charge in [0.2, 0.25) is 0 Å². The molecule has 7 heteroatoms. The van der Waals surface area contributed by atoms with Crippen LogP contribution in [0.5, 0.6) is 5.75 Å². The highest BCUT2D eigenvalue weighted by atomic mass is 32.1. The average molecular weight is 440 g/mol. The number of ether oxygens (including phenoxy) is 1. The van der Waals surface area contributed by atoms with Crippen molar-refractivity contribution >= 4 is 49.2 Å². The molecule has 1 amide bonds. The Bertz CT molecular complexity index is 1700. The van der Waals surface area contributed by atoms with E-state index in [9.17, 15) is 9.59 Å². The average Bonchev–Trinajstić information content (AvgIpc) is 3.15. The molecule has 0 spiro atoms. The fraction of sp³-hybridized carbons (Fsp3) is 0.0800. The summed E-state index contributed by atoms with van der Waals surface area (Å²) < 4.78 is 13.5. The van der Waals surface area contributed by atoms with Gasteiger partial charge < -0.3 is 13.7 Å². The van der Waals surface area contributed by atoms with E-state index >= 15 is 0 Å². The Balaban J connectivity index is 1.73. The first-order chi connectivity index (χ1) is 15.6. The highest BCUT2D eigenvalue weighted by molar-refractivity contribution is 7.16. The Labute approximate surface area is 186 Å². The van der Waals surface area contributed by atoms with Gasteiger partial charge in [-0.1, -0.05) is 53.7 Å². The number of methoxy groups -OCH3 is 1. The normalized spacial score (nSPS) is 11.8. The van der Waals surface area contributed by atoms with E-state index in [1.54, 1.807) is 23.8 Å². The summed E-state index contributed by atoms with van der Waals surface area (Å²) in [4.78, 5) is 30.3. The van der Waals surface area contributed by atoms with Crippen molar-refractivity contribution in [3.8, 4) is 18.1 Å². The number of benzene rings is 3. The third kappa shape index (κ3) is 3.18. The van der Waals surface area contributed by atoms with Crippen LogP contribution in [0.2, 0.25) is 0 Å². The van der Waals surface area contributed by atoms with Crippen LogP contribution in [-0.4, -0.2) is 17.6 Å². The van der Waals surface area contributed by atoms with Crippen molar-refractivity contribution in [2.75, 3.05) is 7.11 Å². The Morgan fingerprint density at radius 1 is 1.16 bits per heavy atom. The number of rotatable bonds is 3. The van der Waals surface area contributed by atoms with Gasteiger partial charge in [0.15, 0.2) is 4.80 Å². The van der Waals surface area contributed by atoms with Crippen molar-refractivity contribution in [1.82, 2.24) is 4.57 Å². The fourth-order valence-electron chi connectivity index (χ4n) is 3.75. The summed E-state index contributed by atoms with van der Waals surface area (Å²) in [7, 11) is 1.57. The summed E-state index contributed by atoms with van der Waals surface area (Å²) in [6.45, 7) is 0.198. The zero-order valence-corrected chi connectivity index (χ0v) is 17.8. The first kappa shape index (κ1) is 19.8. The molecule has 0 bridgehead atoms. The Morgan fingerprint density at radius 3 is 2.81 bits per heavy atom. The molecule has 156 valence electrons. The van der Waals surface area contributed by atoms with Crippen LogP contribution in [0.4, 0.5) is 0 Å².